The molecule has 2 aromatic rings. The third-order valence-corrected chi connectivity index (χ3v) is 8.29. The molecule has 1 fully saturated rings. The summed E-state index contributed by atoms with van der Waals surface area (Å²) >= 11 is 6.14. The van der Waals surface area contributed by atoms with E-state index in [1.165, 1.54) is 4.31 Å². The fraction of sp³-hybridized carbons (Fsp3) is 0.500. The average molecular weight is 548 g/mol. The fourth-order valence-corrected chi connectivity index (χ4v) is 6.08. The smallest absolute Gasteiger partial charge is 0.243 e. The molecular weight excluding hydrogens is 510 g/mol. The molecular formula is C28H38ClN3O4S. The van der Waals surface area contributed by atoms with Crippen molar-refractivity contribution in [3.63, 3.8) is 0 Å². The Bertz CT molecular complexity index is 1170. The van der Waals surface area contributed by atoms with Gasteiger partial charge in [-0.3, -0.25) is 13.9 Å². The minimum atomic E-state index is -3.59. The van der Waals surface area contributed by atoms with E-state index in [9.17, 15) is 18.0 Å². The molecule has 2 aromatic carbocycles. The van der Waals surface area contributed by atoms with Crippen LogP contribution < -0.4 is 9.62 Å². The molecule has 1 aliphatic rings. The SMILES string of the molecule is CCC(C(=O)NC1CCCC1)N(Cc1ccccc1)C(=O)CCCN(c1cc(Cl)ccc1C)S(C)(=O)=O. The van der Waals surface area contributed by atoms with Gasteiger partial charge in [0.25, 0.3) is 0 Å². The first-order chi connectivity index (χ1) is 17.6. The van der Waals surface area contributed by atoms with Crippen molar-refractivity contribution in [2.24, 2.45) is 0 Å². The van der Waals surface area contributed by atoms with Gasteiger partial charge in [-0.05, 0) is 55.9 Å². The van der Waals surface area contributed by atoms with E-state index in [-0.39, 0.29) is 30.8 Å². The highest BCUT2D eigenvalue weighted by Gasteiger charge is 2.30. The Morgan fingerprint density at radius 2 is 1.78 bits per heavy atom. The number of carbonyl (C=O) groups excluding carboxylic acids is 2. The molecule has 0 aliphatic heterocycles. The highest BCUT2D eigenvalue weighted by atomic mass is 35.5. The third kappa shape index (κ3) is 8.20. The Balaban J connectivity index is 1.75. The lowest BCUT2D eigenvalue weighted by atomic mass is 10.1. The van der Waals surface area contributed by atoms with Crippen LogP contribution in [0.4, 0.5) is 5.69 Å². The van der Waals surface area contributed by atoms with E-state index in [1.807, 2.05) is 44.2 Å². The number of hydrogen-bond donors (Lipinski definition) is 1. The van der Waals surface area contributed by atoms with E-state index in [0.29, 0.717) is 30.1 Å². The average Bonchev–Trinajstić information content (AvgIpc) is 3.36. The Morgan fingerprint density at radius 3 is 2.41 bits per heavy atom. The number of anilines is 1. The maximum absolute atomic E-state index is 13.5. The van der Waals surface area contributed by atoms with Crippen LogP contribution in [0.3, 0.4) is 0 Å². The van der Waals surface area contributed by atoms with E-state index in [2.05, 4.69) is 5.32 Å². The summed E-state index contributed by atoms with van der Waals surface area (Å²) in [5.74, 6) is -0.292. The van der Waals surface area contributed by atoms with Crippen molar-refractivity contribution in [3.8, 4) is 0 Å². The summed E-state index contributed by atoms with van der Waals surface area (Å²) in [6, 6.07) is 14.3. The van der Waals surface area contributed by atoms with Crippen molar-refractivity contribution < 1.29 is 18.0 Å². The van der Waals surface area contributed by atoms with Crippen LogP contribution in [0.1, 0.15) is 63.0 Å². The highest BCUT2D eigenvalue weighted by Crippen LogP contribution is 2.27. The monoisotopic (exact) mass is 547 g/mol. The predicted octanol–water partition coefficient (Wildman–Crippen LogP) is 5.06. The molecule has 0 spiro atoms. The number of aryl methyl sites for hydroxylation is 1. The minimum absolute atomic E-state index is 0.117. The van der Waals surface area contributed by atoms with Crippen molar-refractivity contribution in [3.05, 3.63) is 64.7 Å². The number of rotatable bonds is 12. The fourth-order valence-electron chi connectivity index (χ4n) is 4.90. The van der Waals surface area contributed by atoms with Crippen LogP contribution in [0.25, 0.3) is 0 Å². The van der Waals surface area contributed by atoms with Gasteiger partial charge in [0, 0.05) is 30.6 Å². The number of hydrogen-bond acceptors (Lipinski definition) is 4. The van der Waals surface area contributed by atoms with Gasteiger partial charge in [-0.1, -0.05) is 67.8 Å². The van der Waals surface area contributed by atoms with Crippen LogP contribution in [0.2, 0.25) is 5.02 Å². The van der Waals surface area contributed by atoms with Crippen molar-refractivity contribution in [2.75, 3.05) is 17.1 Å². The van der Waals surface area contributed by atoms with Gasteiger partial charge >= 0.3 is 0 Å². The lowest BCUT2D eigenvalue weighted by Gasteiger charge is -2.32. The minimum Gasteiger partial charge on any atom is -0.352 e. The van der Waals surface area contributed by atoms with Crippen LogP contribution in [0.5, 0.6) is 0 Å². The normalized spacial score (nSPS) is 14.8. The zero-order chi connectivity index (χ0) is 27.0. The first kappa shape index (κ1) is 29.0. The molecule has 1 atom stereocenters. The van der Waals surface area contributed by atoms with Crippen LogP contribution in [-0.4, -0.2) is 50.0 Å². The van der Waals surface area contributed by atoms with Crippen molar-refractivity contribution in [2.45, 2.75) is 77.4 Å². The first-order valence-electron chi connectivity index (χ1n) is 13.0. The number of amides is 2. The topological polar surface area (TPSA) is 86.8 Å². The lowest BCUT2D eigenvalue weighted by Crippen LogP contribution is -2.51. The van der Waals surface area contributed by atoms with Crippen LogP contribution in [0, 0.1) is 6.92 Å². The zero-order valence-corrected chi connectivity index (χ0v) is 23.5. The summed E-state index contributed by atoms with van der Waals surface area (Å²) in [7, 11) is -3.59. The molecule has 0 heterocycles. The van der Waals surface area contributed by atoms with Gasteiger partial charge < -0.3 is 10.2 Å². The van der Waals surface area contributed by atoms with Gasteiger partial charge in [0.2, 0.25) is 21.8 Å². The molecule has 37 heavy (non-hydrogen) atoms. The number of halogens is 1. The molecule has 1 saturated carbocycles. The number of nitrogens with zero attached hydrogens (tertiary/aromatic N) is 2. The number of nitrogens with one attached hydrogen (secondary N) is 1. The van der Waals surface area contributed by atoms with Gasteiger partial charge in [-0.15, -0.1) is 0 Å². The summed E-state index contributed by atoms with van der Waals surface area (Å²) in [5, 5.41) is 3.59. The number of benzene rings is 2. The quantitative estimate of drug-likeness (QED) is 0.402. The Labute approximate surface area is 226 Å². The molecule has 0 radical (unpaired) electrons. The van der Waals surface area contributed by atoms with Gasteiger partial charge in [0.05, 0.1) is 11.9 Å². The second-order valence-corrected chi connectivity index (χ2v) is 12.1. The summed E-state index contributed by atoms with van der Waals surface area (Å²) in [6.45, 7) is 4.19. The van der Waals surface area contributed by atoms with Crippen LogP contribution in [-0.2, 0) is 26.2 Å². The van der Waals surface area contributed by atoms with E-state index < -0.39 is 16.1 Å². The van der Waals surface area contributed by atoms with Gasteiger partial charge in [-0.25, -0.2) is 8.42 Å². The Morgan fingerprint density at radius 1 is 1.11 bits per heavy atom. The van der Waals surface area contributed by atoms with Crippen LogP contribution in [0.15, 0.2) is 48.5 Å². The molecule has 1 N–H and O–H groups in total. The molecule has 0 saturated heterocycles. The molecule has 0 aromatic heterocycles. The number of carbonyl (C=O) groups is 2. The summed E-state index contributed by atoms with van der Waals surface area (Å²) < 4.78 is 26.5. The maximum atomic E-state index is 13.5. The van der Waals surface area contributed by atoms with Crippen molar-refractivity contribution in [1.29, 1.82) is 0 Å². The van der Waals surface area contributed by atoms with Crippen molar-refractivity contribution >= 4 is 39.1 Å². The Hall–Kier alpha value is -2.58. The Kier molecular flexibility index (Phi) is 10.4. The van der Waals surface area contributed by atoms with E-state index >= 15 is 0 Å². The molecule has 3 rings (SSSR count). The molecule has 0 bridgehead atoms. The standard InChI is InChI=1S/C28H38ClN3O4S/c1-4-25(28(34)30-24-13-8-9-14-24)31(20-22-11-6-5-7-12-22)27(33)15-10-18-32(37(3,35)36)26-19-23(29)17-16-21(26)2/h5-7,11-12,16-17,19,24-25H,4,8-10,13-15,18,20H2,1-3H3,(H,30,34). The molecule has 1 aliphatic carbocycles. The number of sulfonamides is 1. The second-order valence-electron chi connectivity index (χ2n) is 9.79. The largest absolute Gasteiger partial charge is 0.352 e. The predicted molar refractivity (Wildman–Crippen MR) is 149 cm³/mol. The van der Waals surface area contributed by atoms with Gasteiger partial charge in [0.15, 0.2) is 0 Å². The molecule has 9 heteroatoms. The van der Waals surface area contributed by atoms with Gasteiger partial charge in [-0.2, -0.15) is 0 Å². The maximum Gasteiger partial charge on any atom is 0.243 e. The summed E-state index contributed by atoms with van der Waals surface area (Å²) in [6.07, 6.45) is 6.23. The van der Waals surface area contributed by atoms with E-state index in [4.69, 9.17) is 11.6 Å². The van der Waals surface area contributed by atoms with Crippen LogP contribution >= 0.6 is 11.6 Å². The highest BCUT2D eigenvalue weighted by molar-refractivity contribution is 7.92. The first-order valence-corrected chi connectivity index (χ1v) is 15.2. The lowest BCUT2D eigenvalue weighted by molar-refractivity contribution is -0.141. The molecule has 1 unspecified atom stereocenters. The molecule has 2 amide bonds. The van der Waals surface area contributed by atoms with E-state index in [1.54, 1.807) is 23.1 Å². The summed E-state index contributed by atoms with van der Waals surface area (Å²) in [5.41, 5.74) is 2.22. The molecule has 202 valence electrons. The zero-order valence-electron chi connectivity index (χ0n) is 22.0. The summed E-state index contributed by atoms with van der Waals surface area (Å²) in [4.78, 5) is 28.4. The van der Waals surface area contributed by atoms with E-state index in [0.717, 1.165) is 43.1 Å². The van der Waals surface area contributed by atoms with Gasteiger partial charge in [0.1, 0.15) is 6.04 Å². The molecule has 7 nitrogen and oxygen atoms in total. The van der Waals surface area contributed by atoms with Crippen molar-refractivity contribution in [1.82, 2.24) is 10.2 Å². The second kappa shape index (κ2) is 13.3. The third-order valence-electron chi connectivity index (χ3n) is 6.88.